The fourth-order valence-corrected chi connectivity index (χ4v) is 2.69. The number of nitrogens with one attached hydrogen (secondary N) is 1. The quantitative estimate of drug-likeness (QED) is 0.879. The van der Waals surface area contributed by atoms with Crippen LogP contribution in [0.2, 0.25) is 5.02 Å². The minimum absolute atomic E-state index is 0.0795. The molecule has 2 aromatic rings. The molecule has 19 heavy (non-hydrogen) atoms. The fourth-order valence-electron chi connectivity index (χ4n) is 1.83. The molecule has 0 aliphatic heterocycles. The number of benzene rings is 1. The van der Waals surface area contributed by atoms with E-state index in [0.29, 0.717) is 6.42 Å². The van der Waals surface area contributed by atoms with E-state index in [4.69, 9.17) is 11.6 Å². The van der Waals surface area contributed by atoms with Gasteiger partial charge in [-0.25, -0.2) is 0 Å². The Bertz CT molecular complexity index is 522. The molecule has 0 saturated heterocycles. The second kappa shape index (κ2) is 6.73. The third-order valence-electron chi connectivity index (χ3n) is 2.90. The van der Waals surface area contributed by atoms with Crippen LogP contribution >= 0.6 is 22.9 Å². The Morgan fingerprint density at radius 1 is 1.32 bits per heavy atom. The number of carbonyl (C=O) groups is 1. The second-order valence-electron chi connectivity index (χ2n) is 4.43. The van der Waals surface area contributed by atoms with Gasteiger partial charge in [-0.05, 0) is 42.5 Å². The van der Waals surface area contributed by atoms with Gasteiger partial charge in [0.2, 0.25) is 5.91 Å². The number of aryl methyl sites for hydroxylation is 1. The van der Waals surface area contributed by atoms with Crippen molar-refractivity contribution in [1.29, 1.82) is 0 Å². The molecule has 0 aliphatic rings. The van der Waals surface area contributed by atoms with E-state index in [9.17, 15) is 4.79 Å². The zero-order valence-electron chi connectivity index (χ0n) is 10.7. The number of rotatable bonds is 5. The van der Waals surface area contributed by atoms with E-state index < -0.39 is 0 Å². The molecule has 0 saturated carbocycles. The molecule has 0 fully saturated rings. The van der Waals surface area contributed by atoms with Crippen LogP contribution in [0.15, 0.2) is 41.8 Å². The van der Waals surface area contributed by atoms with E-state index in [0.717, 1.165) is 17.0 Å². The van der Waals surface area contributed by atoms with Crippen LogP contribution in [0, 0.1) is 0 Å². The average molecular weight is 294 g/mol. The van der Waals surface area contributed by atoms with Crippen molar-refractivity contribution in [3.63, 3.8) is 0 Å². The van der Waals surface area contributed by atoms with Crippen molar-refractivity contribution in [1.82, 2.24) is 5.32 Å². The van der Waals surface area contributed by atoms with E-state index in [1.165, 1.54) is 4.88 Å². The number of carbonyl (C=O) groups excluding carboxylic acids is 1. The third kappa shape index (κ3) is 4.37. The van der Waals surface area contributed by atoms with E-state index in [1.54, 1.807) is 11.3 Å². The summed E-state index contributed by atoms with van der Waals surface area (Å²) in [5.41, 5.74) is 1.13. The number of halogens is 1. The lowest BCUT2D eigenvalue weighted by Gasteiger charge is -2.12. The molecular weight excluding hydrogens is 278 g/mol. The maximum Gasteiger partial charge on any atom is 0.220 e. The van der Waals surface area contributed by atoms with Gasteiger partial charge in [-0.1, -0.05) is 29.8 Å². The Labute approximate surface area is 122 Å². The van der Waals surface area contributed by atoms with Gasteiger partial charge in [0.05, 0.1) is 6.04 Å². The van der Waals surface area contributed by atoms with Crippen molar-refractivity contribution in [2.45, 2.75) is 25.8 Å². The Morgan fingerprint density at radius 2 is 2.05 bits per heavy atom. The average Bonchev–Trinajstić information content (AvgIpc) is 2.92. The molecule has 100 valence electrons. The predicted octanol–water partition coefficient (Wildman–Crippen LogP) is 4.21. The van der Waals surface area contributed by atoms with Crippen LogP contribution in [0.4, 0.5) is 0 Å². The van der Waals surface area contributed by atoms with Gasteiger partial charge in [0.1, 0.15) is 0 Å². The first kappa shape index (κ1) is 14.1. The maximum absolute atomic E-state index is 11.9. The highest BCUT2D eigenvalue weighted by atomic mass is 35.5. The van der Waals surface area contributed by atoms with E-state index in [1.807, 2.05) is 48.7 Å². The lowest BCUT2D eigenvalue weighted by Crippen LogP contribution is -2.26. The largest absolute Gasteiger partial charge is 0.349 e. The van der Waals surface area contributed by atoms with Crippen molar-refractivity contribution in [3.05, 3.63) is 57.2 Å². The highest BCUT2D eigenvalue weighted by Crippen LogP contribution is 2.18. The molecule has 2 rings (SSSR count). The first-order chi connectivity index (χ1) is 9.15. The van der Waals surface area contributed by atoms with Crippen LogP contribution < -0.4 is 5.32 Å². The van der Waals surface area contributed by atoms with Crippen LogP contribution in [-0.2, 0) is 11.2 Å². The highest BCUT2D eigenvalue weighted by Gasteiger charge is 2.10. The first-order valence-electron chi connectivity index (χ1n) is 6.22. The summed E-state index contributed by atoms with van der Waals surface area (Å²) in [6.07, 6.45) is 1.23. The molecule has 0 radical (unpaired) electrons. The summed E-state index contributed by atoms with van der Waals surface area (Å²) in [5, 5.41) is 5.75. The molecule has 1 N–H and O–H groups in total. The maximum atomic E-state index is 11.9. The summed E-state index contributed by atoms with van der Waals surface area (Å²) < 4.78 is 0. The number of thiophene rings is 1. The van der Waals surface area contributed by atoms with Gasteiger partial charge in [0, 0.05) is 16.3 Å². The first-order valence-corrected chi connectivity index (χ1v) is 7.48. The molecule has 4 heteroatoms. The van der Waals surface area contributed by atoms with Gasteiger partial charge in [-0.2, -0.15) is 0 Å². The minimum Gasteiger partial charge on any atom is -0.349 e. The van der Waals surface area contributed by atoms with Gasteiger partial charge in [0.25, 0.3) is 0 Å². The fraction of sp³-hybridized carbons (Fsp3) is 0.267. The molecule has 0 aliphatic carbocycles. The molecule has 1 heterocycles. The van der Waals surface area contributed by atoms with Crippen LogP contribution in [0.1, 0.15) is 29.8 Å². The van der Waals surface area contributed by atoms with Gasteiger partial charge in [0.15, 0.2) is 0 Å². The smallest absolute Gasteiger partial charge is 0.220 e. The van der Waals surface area contributed by atoms with Crippen molar-refractivity contribution < 1.29 is 4.79 Å². The molecule has 1 amide bonds. The summed E-state index contributed by atoms with van der Waals surface area (Å²) in [7, 11) is 0. The zero-order valence-corrected chi connectivity index (χ0v) is 12.3. The van der Waals surface area contributed by atoms with E-state index in [2.05, 4.69) is 5.32 Å². The Balaban J connectivity index is 1.80. The Hall–Kier alpha value is -1.32. The lowest BCUT2D eigenvalue weighted by molar-refractivity contribution is -0.121. The molecular formula is C15H16ClNOS. The monoisotopic (exact) mass is 293 g/mol. The van der Waals surface area contributed by atoms with Gasteiger partial charge in [-0.3, -0.25) is 4.79 Å². The SMILES string of the molecule is CC(NC(=O)CCc1ccc(Cl)cc1)c1cccs1. The molecule has 0 spiro atoms. The standard InChI is InChI=1S/C15H16ClNOS/c1-11(14-3-2-10-19-14)17-15(18)9-6-12-4-7-13(16)8-5-12/h2-5,7-8,10-11H,6,9H2,1H3,(H,17,18). The summed E-state index contributed by atoms with van der Waals surface area (Å²) >= 11 is 7.48. The van der Waals surface area contributed by atoms with Crippen molar-refractivity contribution in [2.75, 3.05) is 0 Å². The minimum atomic E-state index is 0.0795. The van der Waals surface area contributed by atoms with Crippen LogP contribution in [0.5, 0.6) is 0 Å². The zero-order chi connectivity index (χ0) is 13.7. The van der Waals surface area contributed by atoms with Crippen LogP contribution in [0.25, 0.3) is 0 Å². The van der Waals surface area contributed by atoms with Gasteiger partial charge in [-0.15, -0.1) is 11.3 Å². The Morgan fingerprint density at radius 3 is 2.68 bits per heavy atom. The molecule has 2 nitrogen and oxygen atoms in total. The molecule has 1 aromatic carbocycles. The van der Waals surface area contributed by atoms with E-state index >= 15 is 0 Å². The van der Waals surface area contributed by atoms with Crippen LogP contribution in [-0.4, -0.2) is 5.91 Å². The molecule has 1 atom stereocenters. The number of hydrogen-bond acceptors (Lipinski definition) is 2. The predicted molar refractivity (Wildman–Crippen MR) is 80.6 cm³/mol. The van der Waals surface area contributed by atoms with Crippen molar-refractivity contribution in [3.8, 4) is 0 Å². The second-order valence-corrected chi connectivity index (χ2v) is 5.85. The highest BCUT2D eigenvalue weighted by molar-refractivity contribution is 7.10. The lowest BCUT2D eigenvalue weighted by atomic mass is 10.1. The summed E-state index contributed by atoms with van der Waals surface area (Å²) in [6, 6.07) is 11.7. The summed E-state index contributed by atoms with van der Waals surface area (Å²) in [5.74, 6) is 0.0795. The van der Waals surface area contributed by atoms with Crippen molar-refractivity contribution in [2.24, 2.45) is 0 Å². The van der Waals surface area contributed by atoms with Gasteiger partial charge < -0.3 is 5.32 Å². The summed E-state index contributed by atoms with van der Waals surface area (Å²) in [6.45, 7) is 2.01. The molecule has 0 bridgehead atoms. The Kier molecular flexibility index (Phi) is 5.00. The normalized spacial score (nSPS) is 12.1. The molecule has 1 aromatic heterocycles. The topological polar surface area (TPSA) is 29.1 Å². The van der Waals surface area contributed by atoms with E-state index in [-0.39, 0.29) is 11.9 Å². The molecule has 1 unspecified atom stereocenters. The van der Waals surface area contributed by atoms with Gasteiger partial charge >= 0.3 is 0 Å². The summed E-state index contributed by atoms with van der Waals surface area (Å²) in [4.78, 5) is 13.0. The number of amides is 1. The van der Waals surface area contributed by atoms with Crippen molar-refractivity contribution >= 4 is 28.8 Å². The van der Waals surface area contributed by atoms with Crippen LogP contribution in [0.3, 0.4) is 0 Å². The number of hydrogen-bond donors (Lipinski definition) is 1. The third-order valence-corrected chi connectivity index (χ3v) is 4.21.